The Bertz CT molecular complexity index is 1640. The van der Waals surface area contributed by atoms with E-state index in [-0.39, 0.29) is 19.4 Å². The number of urea groups is 1. The van der Waals surface area contributed by atoms with Gasteiger partial charge in [0.25, 0.3) is 5.91 Å². The summed E-state index contributed by atoms with van der Waals surface area (Å²) in [6.45, 7) is 2.28. The molecule has 0 saturated heterocycles. The molecule has 0 saturated carbocycles. The quantitative estimate of drug-likeness (QED) is 0.124. The van der Waals surface area contributed by atoms with Crippen molar-refractivity contribution in [3.8, 4) is 0 Å². The van der Waals surface area contributed by atoms with Crippen LogP contribution < -0.4 is 27.4 Å². The molecule has 1 aromatic heterocycles. The van der Waals surface area contributed by atoms with E-state index < -0.39 is 42.0 Å². The average molecular weight is 643 g/mol. The molecule has 5 amide bonds. The van der Waals surface area contributed by atoms with E-state index in [1.54, 1.807) is 25.2 Å². The van der Waals surface area contributed by atoms with Gasteiger partial charge in [-0.15, -0.1) is 11.3 Å². The lowest BCUT2D eigenvalue weighted by Crippen LogP contribution is -2.58. The number of fused-ring (bicyclic) bond motifs is 1. The molecule has 0 radical (unpaired) electrons. The maximum atomic E-state index is 14.3. The predicted octanol–water partition coefficient (Wildman–Crippen LogP) is 4.07. The highest BCUT2D eigenvalue weighted by Gasteiger charge is 2.34. The largest absolute Gasteiger partial charge is 0.352 e. The molecule has 3 atom stereocenters. The van der Waals surface area contributed by atoms with Gasteiger partial charge in [-0.25, -0.2) is 4.79 Å². The van der Waals surface area contributed by atoms with E-state index in [1.807, 2.05) is 73.0 Å². The summed E-state index contributed by atoms with van der Waals surface area (Å²) in [4.78, 5) is 55.6. The van der Waals surface area contributed by atoms with Crippen molar-refractivity contribution in [3.63, 3.8) is 0 Å². The number of nitrogens with two attached hydrogens (primary N) is 2. The summed E-state index contributed by atoms with van der Waals surface area (Å²) in [5.41, 5.74) is 13.2. The molecule has 4 rings (SSSR count). The van der Waals surface area contributed by atoms with Crippen LogP contribution in [0, 0.1) is 0 Å². The van der Waals surface area contributed by atoms with Crippen molar-refractivity contribution in [3.05, 3.63) is 106 Å². The lowest BCUT2D eigenvalue weighted by atomic mass is 9.99. The number of carbonyl (C=O) groups is 4. The van der Waals surface area contributed by atoms with Crippen LogP contribution in [-0.4, -0.2) is 53.9 Å². The molecule has 0 fully saturated rings. The highest BCUT2D eigenvalue weighted by atomic mass is 32.1. The Morgan fingerprint density at radius 3 is 2.33 bits per heavy atom. The number of nitrogens with zero attached hydrogens (tertiary/aromatic N) is 1. The zero-order valence-electron chi connectivity index (χ0n) is 26.2. The summed E-state index contributed by atoms with van der Waals surface area (Å²) in [6, 6.07) is 21.9. The van der Waals surface area contributed by atoms with Gasteiger partial charge in [0.1, 0.15) is 18.2 Å². The molecular formula is C35H42N6O4S. The van der Waals surface area contributed by atoms with Crippen LogP contribution in [0.1, 0.15) is 52.5 Å². The molecule has 10 nitrogen and oxygen atoms in total. The minimum Gasteiger partial charge on any atom is -0.352 e. The minimum absolute atomic E-state index is 0.200. The number of rotatable bonds is 15. The molecule has 46 heavy (non-hydrogen) atoms. The van der Waals surface area contributed by atoms with E-state index in [9.17, 15) is 19.2 Å². The fourth-order valence-electron chi connectivity index (χ4n) is 5.34. The fraction of sp³-hybridized carbons (Fsp3) is 0.314. The average Bonchev–Trinajstić information content (AvgIpc) is 3.58. The van der Waals surface area contributed by atoms with Crippen molar-refractivity contribution in [2.24, 2.45) is 11.5 Å². The van der Waals surface area contributed by atoms with E-state index in [0.29, 0.717) is 12.0 Å². The smallest absolute Gasteiger partial charge is 0.313 e. The van der Waals surface area contributed by atoms with Gasteiger partial charge in [-0.2, -0.15) is 0 Å². The number of primary amides is 1. The van der Waals surface area contributed by atoms with E-state index in [1.165, 1.54) is 16.2 Å². The van der Waals surface area contributed by atoms with Crippen molar-refractivity contribution in [2.75, 3.05) is 7.05 Å². The molecule has 0 aliphatic carbocycles. The number of amides is 5. The van der Waals surface area contributed by atoms with Crippen molar-refractivity contribution in [1.82, 2.24) is 20.9 Å². The van der Waals surface area contributed by atoms with Crippen LogP contribution in [0.15, 0.2) is 84.2 Å². The van der Waals surface area contributed by atoms with Gasteiger partial charge in [0.2, 0.25) is 11.8 Å². The predicted molar refractivity (Wildman–Crippen MR) is 182 cm³/mol. The van der Waals surface area contributed by atoms with Crippen molar-refractivity contribution in [2.45, 2.75) is 63.8 Å². The van der Waals surface area contributed by atoms with Gasteiger partial charge >= 0.3 is 6.03 Å². The van der Waals surface area contributed by atoms with Crippen LogP contribution in [-0.2, 0) is 29.0 Å². The van der Waals surface area contributed by atoms with E-state index in [2.05, 4.69) is 16.0 Å². The lowest BCUT2D eigenvalue weighted by Gasteiger charge is -2.32. The molecule has 242 valence electrons. The van der Waals surface area contributed by atoms with E-state index >= 15 is 0 Å². The fourth-order valence-corrected chi connectivity index (χ4v) is 6.08. The number of carbonyl (C=O) groups excluding carboxylic acids is 4. The Morgan fingerprint density at radius 2 is 1.63 bits per heavy atom. The maximum absolute atomic E-state index is 14.3. The van der Waals surface area contributed by atoms with Crippen LogP contribution in [0.2, 0.25) is 0 Å². The van der Waals surface area contributed by atoms with Crippen LogP contribution in [0.3, 0.4) is 0 Å². The second-order valence-electron chi connectivity index (χ2n) is 11.3. The SMILES string of the molecule is CCCC[C@H](NC(N)=O)NC(=O)[C@@H](Cc1cccs1)N(C)C(=O)[C@@H](Cc1ccc2ccccc2c1)NC(=O)c1cccc(CN)c1. The minimum atomic E-state index is -0.988. The number of thiophene rings is 1. The summed E-state index contributed by atoms with van der Waals surface area (Å²) >= 11 is 1.48. The molecule has 1 heterocycles. The molecule has 0 aliphatic rings. The first-order valence-corrected chi connectivity index (χ1v) is 16.3. The molecule has 0 bridgehead atoms. The molecule has 0 unspecified atom stereocenters. The topological polar surface area (TPSA) is 160 Å². The first kappa shape index (κ1) is 34.1. The highest BCUT2D eigenvalue weighted by molar-refractivity contribution is 7.09. The van der Waals surface area contributed by atoms with Crippen LogP contribution >= 0.6 is 11.3 Å². The van der Waals surface area contributed by atoms with Gasteiger partial charge in [0.05, 0.1) is 0 Å². The van der Waals surface area contributed by atoms with Gasteiger partial charge in [-0.3, -0.25) is 14.4 Å². The Morgan fingerprint density at radius 1 is 0.848 bits per heavy atom. The monoisotopic (exact) mass is 642 g/mol. The first-order valence-electron chi connectivity index (χ1n) is 15.4. The molecule has 7 N–H and O–H groups in total. The van der Waals surface area contributed by atoms with Crippen LogP contribution in [0.4, 0.5) is 4.79 Å². The maximum Gasteiger partial charge on any atom is 0.313 e. The number of hydrogen-bond donors (Lipinski definition) is 5. The van der Waals surface area contributed by atoms with E-state index in [0.717, 1.165) is 39.6 Å². The number of unbranched alkanes of at least 4 members (excludes halogenated alkanes) is 1. The zero-order chi connectivity index (χ0) is 33.1. The number of benzene rings is 3. The summed E-state index contributed by atoms with van der Waals surface area (Å²) in [7, 11) is 1.57. The number of likely N-dealkylation sites (N-methyl/N-ethyl adjacent to an activating group) is 1. The normalized spacial score (nSPS) is 12.9. The number of nitrogens with one attached hydrogen (secondary N) is 3. The zero-order valence-corrected chi connectivity index (χ0v) is 27.0. The second-order valence-corrected chi connectivity index (χ2v) is 12.3. The third-order valence-electron chi connectivity index (χ3n) is 7.85. The molecule has 3 aromatic carbocycles. The summed E-state index contributed by atoms with van der Waals surface area (Å²) in [5, 5.41) is 12.4. The van der Waals surface area contributed by atoms with Gasteiger partial charge < -0.3 is 32.3 Å². The van der Waals surface area contributed by atoms with Gasteiger partial charge in [0, 0.05) is 36.9 Å². The van der Waals surface area contributed by atoms with Crippen LogP contribution in [0.5, 0.6) is 0 Å². The molecular weight excluding hydrogens is 600 g/mol. The second kappa shape index (κ2) is 16.5. The van der Waals surface area contributed by atoms with Crippen molar-refractivity contribution in [1.29, 1.82) is 0 Å². The summed E-state index contributed by atoms with van der Waals surface area (Å²) in [6.07, 6.45) is 1.85. The molecule has 4 aromatic rings. The Balaban J connectivity index is 1.64. The van der Waals surface area contributed by atoms with Gasteiger partial charge in [-0.1, -0.05) is 74.0 Å². The summed E-state index contributed by atoms with van der Waals surface area (Å²) < 4.78 is 0. The molecule has 11 heteroatoms. The van der Waals surface area contributed by atoms with Crippen molar-refractivity contribution >= 4 is 45.9 Å². The first-order chi connectivity index (χ1) is 22.2. The number of hydrogen-bond acceptors (Lipinski definition) is 6. The third-order valence-corrected chi connectivity index (χ3v) is 8.75. The van der Waals surface area contributed by atoms with Crippen molar-refractivity contribution < 1.29 is 19.2 Å². The van der Waals surface area contributed by atoms with E-state index in [4.69, 9.17) is 11.5 Å². The Hall–Kier alpha value is -4.74. The lowest BCUT2D eigenvalue weighted by molar-refractivity contribution is -0.140. The van der Waals surface area contributed by atoms with Gasteiger partial charge in [-0.05, 0) is 58.3 Å². The highest BCUT2D eigenvalue weighted by Crippen LogP contribution is 2.20. The van der Waals surface area contributed by atoms with Gasteiger partial charge in [0.15, 0.2) is 0 Å². The molecule has 0 spiro atoms. The Kier molecular flexibility index (Phi) is 12.3. The molecule has 0 aliphatic heterocycles. The Labute approximate surface area is 273 Å². The van der Waals surface area contributed by atoms with Crippen LogP contribution in [0.25, 0.3) is 10.8 Å². The summed E-state index contributed by atoms with van der Waals surface area (Å²) in [5.74, 6) is -1.29. The standard InChI is InChI=1S/C35H42N6O4S/c1-3-4-14-31(40-35(37)45)39-33(43)30(21-28-13-8-17-46-28)41(2)34(44)29(38-32(42)27-12-7-9-24(19-27)22-36)20-23-15-16-25-10-5-6-11-26(25)18-23/h5-13,15-19,29-31H,3-4,14,20-22,36H2,1-2H3,(H,38,42)(H,39,43)(H3,37,40,45)/t29-,30-,31+/m1/s1. The third kappa shape index (κ3) is 9.38.